The predicted molar refractivity (Wildman–Crippen MR) is 80.6 cm³/mol. The zero-order chi connectivity index (χ0) is 14.7. The van der Waals surface area contributed by atoms with E-state index in [-0.39, 0.29) is 12.7 Å². The second-order valence-corrected chi connectivity index (χ2v) is 6.14. The third-order valence-electron chi connectivity index (χ3n) is 3.01. The number of nitrogens with zero attached hydrogens (tertiary/aromatic N) is 3. The summed E-state index contributed by atoms with van der Waals surface area (Å²) in [6.45, 7) is 2.43. The van der Waals surface area contributed by atoms with Crippen molar-refractivity contribution in [1.82, 2.24) is 9.88 Å². The molecule has 3 heterocycles. The standard InChI is InChI=1S/C13H14ClN3O3S/c14-11-2-1-9(5-15-11)6-17-3-4-21-12(17)16-13(18)20-8-10-7-19-10/h1-2,5,10H,3-4,6-8H2/b16-12+. The van der Waals surface area contributed by atoms with Crippen molar-refractivity contribution in [1.29, 1.82) is 0 Å². The van der Waals surface area contributed by atoms with Gasteiger partial charge in [-0.15, -0.1) is 0 Å². The second-order valence-electron chi connectivity index (χ2n) is 4.69. The molecule has 2 aliphatic heterocycles. The fraction of sp³-hybridized carbons (Fsp3) is 0.462. The fourth-order valence-corrected chi connectivity index (χ4v) is 2.93. The molecule has 1 unspecified atom stereocenters. The second kappa shape index (κ2) is 6.64. The number of carbonyl (C=O) groups is 1. The van der Waals surface area contributed by atoms with E-state index in [2.05, 4.69) is 9.98 Å². The van der Waals surface area contributed by atoms with Gasteiger partial charge in [0.2, 0.25) is 0 Å². The molecule has 112 valence electrons. The highest BCUT2D eigenvalue weighted by Gasteiger charge is 2.25. The van der Waals surface area contributed by atoms with Crippen molar-refractivity contribution in [3.05, 3.63) is 29.0 Å². The van der Waals surface area contributed by atoms with Crippen LogP contribution in [-0.2, 0) is 16.0 Å². The quantitative estimate of drug-likeness (QED) is 0.623. The Morgan fingerprint density at radius 1 is 1.62 bits per heavy atom. The van der Waals surface area contributed by atoms with Crippen LogP contribution in [0.1, 0.15) is 5.56 Å². The predicted octanol–water partition coefficient (Wildman–Crippen LogP) is 2.18. The summed E-state index contributed by atoms with van der Waals surface area (Å²) in [4.78, 5) is 21.7. The highest BCUT2D eigenvalue weighted by Crippen LogP contribution is 2.21. The molecule has 1 aromatic rings. The summed E-state index contributed by atoms with van der Waals surface area (Å²) in [7, 11) is 0. The summed E-state index contributed by atoms with van der Waals surface area (Å²) in [5.74, 6) is 0.902. The SMILES string of the molecule is O=C(/N=C1/SCCN1Cc1ccc(Cl)nc1)OCC1CO1. The number of amides is 1. The molecule has 8 heteroatoms. The first-order chi connectivity index (χ1) is 10.2. The maximum absolute atomic E-state index is 11.6. The lowest BCUT2D eigenvalue weighted by Crippen LogP contribution is -2.25. The molecule has 2 aliphatic rings. The van der Waals surface area contributed by atoms with E-state index in [1.54, 1.807) is 24.0 Å². The Kier molecular flexibility index (Phi) is 4.62. The number of amidine groups is 1. The number of aromatic nitrogens is 1. The Hall–Kier alpha value is -1.31. The van der Waals surface area contributed by atoms with Crippen LogP contribution >= 0.6 is 23.4 Å². The number of aliphatic imine (C=N–C) groups is 1. The number of ether oxygens (including phenoxy) is 2. The van der Waals surface area contributed by atoms with Gasteiger partial charge < -0.3 is 14.4 Å². The maximum Gasteiger partial charge on any atom is 0.436 e. The van der Waals surface area contributed by atoms with Gasteiger partial charge in [-0.2, -0.15) is 4.99 Å². The highest BCUT2D eigenvalue weighted by atomic mass is 35.5. The van der Waals surface area contributed by atoms with Gasteiger partial charge in [-0.1, -0.05) is 29.4 Å². The molecule has 0 aliphatic carbocycles. The van der Waals surface area contributed by atoms with E-state index in [0.717, 1.165) is 17.9 Å². The van der Waals surface area contributed by atoms with Crippen molar-refractivity contribution in [2.75, 3.05) is 25.5 Å². The maximum atomic E-state index is 11.6. The average Bonchev–Trinajstić information content (AvgIpc) is 3.21. The molecular weight excluding hydrogens is 314 g/mol. The third-order valence-corrected chi connectivity index (χ3v) is 4.22. The Morgan fingerprint density at radius 2 is 2.48 bits per heavy atom. The molecular formula is C13H14ClN3O3S. The molecule has 21 heavy (non-hydrogen) atoms. The topological polar surface area (TPSA) is 67.3 Å². The fourth-order valence-electron chi connectivity index (χ4n) is 1.84. The smallest absolute Gasteiger partial charge is 0.436 e. The van der Waals surface area contributed by atoms with Crippen molar-refractivity contribution in [2.45, 2.75) is 12.6 Å². The Bertz CT molecular complexity index is 548. The Morgan fingerprint density at radius 3 is 3.19 bits per heavy atom. The van der Waals surface area contributed by atoms with Crippen molar-refractivity contribution >= 4 is 34.6 Å². The van der Waals surface area contributed by atoms with E-state index in [9.17, 15) is 4.79 Å². The lowest BCUT2D eigenvalue weighted by atomic mass is 10.3. The van der Waals surface area contributed by atoms with Crippen LogP contribution < -0.4 is 0 Å². The molecule has 1 aromatic heterocycles. The van der Waals surface area contributed by atoms with Gasteiger partial charge in [0.05, 0.1) is 6.61 Å². The van der Waals surface area contributed by atoms with Crippen LogP contribution in [0, 0.1) is 0 Å². The van der Waals surface area contributed by atoms with Crippen LogP contribution in [0.4, 0.5) is 4.79 Å². The van der Waals surface area contributed by atoms with Crippen LogP contribution in [0.25, 0.3) is 0 Å². The van der Waals surface area contributed by atoms with Crippen molar-refractivity contribution in [2.24, 2.45) is 4.99 Å². The zero-order valence-corrected chi connectivity index (χ0v) is 12.8. The molecule has 2 fully saturated rings. The third kappa shape index (κ3) is 4.33. The van der Waals surface area contributed by atoms with Gasteiger partial charge in [0, 0.05) is 25.0 Å². The summed E-state index contributed by atoms with van der Waals surface area (Å²) in [6, 6.07) is 3.67. The zero-order valence-electron chi connectivity index (χ0n) is 11.2. The lowest BCUT2D eigenvalue weighted by molar-refractivity contribution is 0.146. The highest BCUT2D eigenvalue weighted by molar-refractivity contribution is 8.14. The summed E-state index contributed by atoms with van der Waals surface area (Å²) < 4.78 is 10.0. The number of rotatable bonds is 4. The van der Waals surface area contributed by atoms with Crippen LogP contribution in [0.2, 0.25) is 5.15 Å². The molecule has 0 radical (unpaired) electrons. The molecule has 0 saturated carbocycles. The molecule has 6 nitrogen and oxygen atoms in total. The van der Waals surface area contributed by atoms with Crippen LogP contribution in [-0.4, -0.2) is 52.8 Å². The number of carbonyl (C=O) groups excluding carboxylic acids is 1. The minimum absolute atomic E-state index is 0.0571. The average molecular weight is 328 g/mol. The van der Waals surface area contributed by atoms with E-state index < -0.39 is 6.09 Å². The Balaban J connectivity index is 1.58. The molecule has 0 aromatic carbocycles. The van der Waals surface area contributed by atoms with Gasteiger partial charge in [0.1, 0.15) is 17.9 Å². The first-order valence-electron chi connectivity index (χ1n) is 6.56. The van der Waals surface area contributed by atoms with Crippen LogP contribution in [0.15, 0.2) is 23.3 Å². The van der Waals surface area contributed by atoms with E-state index in [4.69, 9.17) is 21.1 Å². The van der Waals surface area contributed by atoms with Crippen molar-refractivity contribution < 1.29 is 14.3 Å². The first-order valence-corrected chi connectivity index (χ1v) is 7.92. The van der Waals surface area contributed by atoms with E-state index in [1.165, 1.54) is 0 Å². The minimum Gasteiger partial charge on any atom is -0.445 e. The van der Waals surface area contributed by atoms with Gasteiger partial charge in [0.15, 0.2) is 5.17 Å². The van der Waals surface area contributed by atoms with Crippen molar-refractivity contribution in [3.8, 4) is 0 Å². The van der Waals surface area contributed by atoms with E-state index >= 15 is 0 Å². The molecule has 3 rings (SSSR count). The van der Waals surface area contributed by atoms with Gasteiger partial charge >= 0.3 is 6.09 Å². The monoisotopic (exact) mass is 327 g/mol. The van der Waals surface area contributed by atoms with E-state index in [0.29, 0.717) is 23.5 Å². The van der Waals surface area contributed by atoms with Crippen LogP contribution in [0.3, 0.4) is 0 Å². The normalized spacial score (nSPS) is 22.6. The first kappa shape index (κ1) is 14.6. The van der Waals surface area contributed by atoms with Gasteiger partial charge in [-0.05, 0) is 11.6 Å². The number of hydrogen-bond donors (Lipinski definition) is 0. The van der Waals surface area contributed by atoms with Gasteiger partial charge in [-0.25, -0.2) is 9.78 Å². The summed E-state index contributed by atoms with van der Waals surface area (Å²) in [5, 5.41) is 1.15. The Labute approximate surface area is 131 Å². The van der Waals surface area contributed by atoms with Crippen LogP contribution in [0.5, 0.6) is 0 Å². The molecule has 0 N–H and O–H groups in total. The number of halogens is 1. The number of epoxide rings is 1. The summed E-state index contributed by atoms with van der Waals surface area (Å²) in [5.41, 5.74) is 1.02. The molecule has 1 atom stereocenters. The lowest BCUT2D eigenvalue weighted by Gasteiger charge is -2.17. The molecule has 0 bridgehead atoms. The summed E-state index contributed by atoms with van der Waals surface area (Å²) in [6.07, 6.45) is 1.22. The van der Waals surface area contributed by atoms with Gasteiger partial charge in [-0.3, -0.25) is 0 Å². The number of pyridine rings is 1. The molecule has 0 spiro atoms. The molecule has 1 amide bonds. The number of hydrogen-bond acceptors (Lipinski definition) is 5. The van der Waals surface area contributed by atoms with Crippen molar-refractivity contribution in [3.63, 3.8) is 0 Å². The largest absolute Gasteiger partial charge is 0.445 e. The van der Waals surface area contributed by atoms with Gasteiger partial charge in [0.25, 0.3) is 0 Å². The van der Waals surface area contributed by atoms with E-state index in [1.807, 2.05) is 11.0 Å². The summed E-state index contributed by atoms with van der Waals surface area (Å²) >= 11 is 7.32. The number of thioether (sulfide) groups is 1. The molecule has 2 saturated heterocycles. The minimum atomic E-state index is -0.561.